The standard InChI is InChI=1S/C15H23IN2O2/c1-4-5-6-9-15(2,3)11-17-12-7-8-14(18(19)20)13(16)10-12/h7-8,10,17H,4-6,9,11H2,1-3H3. The third-order valence-corrected chi connectivity index (χ3v) is 4.24. The summed E-state index contributed by atoms with van der Waals surface area (Å²) in [5.41, 5.74) is 1.35. The molecule has 0 saturated carbocycles. The van der Waals surface area contributed by atoms with Crippen molar-refractivity contribution in [1.82, 2.24) is 0 Å². The van der Waals surface area contributed by atoms with E-state index >= 15 is 0 Å². The molecule has 1 rings (SSSR count). The van der Waals surface area contributed by atoms with Crippen molar-refractivity contribution in [3.63, 3.8) is 0 Å². The molecular weight excluding hydrogens is 367 g/mol. The molecule has 0 heterocycles. The third-order valence-electron chi connectivity index (χ3n) is 3.37. The minimum Gasteiger partial charge on any atom is -0.384 e. The van der Waals surface area contributed by atoms with Gasteiger partial charge >= 0.3 is 0 Å². The number of unbranched alkanes of at least 4 members (excludes halogenated alkanes) is 2. The molecule has 0 saturated heterocycles. The normalized spacial score (nSPS) is 11.4. The summed E-state index contributed by atoms with van der Waals surface area (Å²) in [5, 5.41) is 14.2. The second-order valence-corrected chi connectivity index (χ2v) is 7.06. The first-order valence-electron chi connectivity index (χ1n) is 7.03. The summed E-state index contributed by atoms with van der Waals surface area (Å²) in [6.07, 6.45) is 4.96. The number of nitro groups is 1. The van der Waals surface area contributed by atoms with Gasteiger partial charge in [-0.05, 0) is 46.6 Å². The number of nitrogens with zero attached hydrogens (tertiary/aromatic N) is 1. The third kappa shape index (κ3) is 5.64. The molecule has 0 aromatic heterocycles. The molecule has 0 aliphatic rings. The summed E-state index contributed by atoms with van der Waals surface area (Å²) in [6, 6.07) is 5.18. The Bertz CT molecular complexity index is 461. The number of nitro benzene ring substituents is 1. The van der Waals surface area contributed by atoms with Crippen molar-refractivity contribution in [3.05, 3.63) is 31.9 Å². The van der Waals surface area contributed by atoms with Gasteiger partial charge in [-0.25, -0.2) is 0 Å². The summed E-state index contributed by atoms with van der Waals surface area (Å²) >= 11 is 2.01. The summed E-state index contributed by atoms with van der Waals surface area (Å²) in [6.45, 7) is 7.60. The van der Waals surface area contributed by atoms with Crippen LogP contribution in [0.3, 0.4) is 0 Å². The number of hydrogen-bond acceptors (Lipinski definition) is 3. The van der Waals surface area contributed by atoms with Crippen molar-refractivity contribution in [2.45, 2.75) is 46.5 Å². The first-order valence-corrected chi connectivity index (χ1v) is 8.11. The maximum absolute atomic E-state index is 10.8. The van der Waals surface area contributed by atoms with E-state index in [0.29, 0.717) is 3.57 Å². The lowest BCUT2D eigenvalue weighted by Gasteiger charge is -2.25. The van der Waals surface area contributed by atoms with E-state index in [-0.39, 0.29) is 16.0 Å². The summed E-state index contributed by atoms with van der Waals surface area (Å²) in [7, 11) is 0. The lowest BCUT2D eigenvalue weighted by Crippen LogP contribution is -2.23. The Hall–Kier alpha value is -0.850. The average Bonchev–Trinajstić information content (AvgIpc) is 2.36. The molecule has 0 fully saturated rings. The molecule has 112 valence electrons. The highest BCUT2D eigenvalue weighted by molar-refractivity contribution is 14.1. The fourth-order valence-corrected chi connectivity index (χ4v) is 2.76. The Kier molecular flexibility index (Phi) is 6.71. The number of nitrogens with one attached hydrogen (secondary N) is 1. The van der Waals surface area contributed by atoms with E-state index in [2.05, 4.69) is 26.1 Å². The van der Waals surface area contributed by atoms with E-state index < -0.39 is 0 Å². The number of halogens is 1. The molecule has 4 nitrogen and oxygen atoms in total. The molecule has 0 aliphatic heterocycles. The number of rotatable bonds is 8. The number of benzene rings is 1. The van der Waals surface area contributed by atoms with Gasteiger partial charge < -0.3 is 5.32 Å². The van der Waals surface area contributed by atoms with Crippen LogP contribution in [-0.4, -0.2) is 11.5 Å². The van der Waals surface area contributed by atoms with Gasteiger partial charge in [0.15, 0.2) is 0 Å². The average molecular weight is 390 g/mol. The van der Waals surface area contributed by atoms with Crippen molar-refractivity contribution in [1.29, 1.82) is 0 Å². The molecule has 1 N–H and O–H groups in total. The van der Waals surface area contributed by atoms with Gasteiger partial charge in [0, 0.05) is 18.3 Å². The SMILES string of the molecule is CCCCCC(C)(C)CNc1ccc([N+](=O)[O-])c(I)c1. The van der Waals surface area contributed by atoms with E-state index in [1.807, 2.05) is 28.7 Å². The van der Waals surface area contributed by atoms with Gasteiger partial charge in [-0.3, -0.25) is 10.1 Å². The molecule has 20 heavy (non-hydrogen) atoms. The summed E-state index contributed by atoms with van der Waals surface area (Å²) in [4.78, 5) is 10.4. The Labute approximate surface area is 134 Å². The minimum absolute atomic E-state index is 0.165. The highest BCUT2D eigenvalue weighted by Gasteiger charge is 2.18. The van der Waals surface area contributed by atoms with Crippen LogP contribution in [0.5, 0.6) is 0 Å². The van der Waals surface area contributed by atoms with Crippen LogP contribution in [0.15, 0.2) is 18.2 Å². The lowest BCUT2D eigenvalue weighted by molar-refractivity contribution is -0.385. The maximum Gasteiger partial charge on any atom is 0.282 e. The van der Waals surface area contributed by atoms with Crippen LogP contribution < -0.4 is 5.32 Å². The molecule has 0 spiro atoms. The Morgan fingerprint density at radius 2 is 2.05 bits per heavy atom. The van der Waals surface area contributed by atoms with Crippen molar-refractivity contribution >= 4 is 34.0 Å². The second-order valence-electron chi connectivity index (χ2n) is 5.90. The van der Waals surface area contributed by atoms with E-state index in [0.717, 1.165) is 12.2 Å². The van der Waals surface area contributed by atoms with Crippen molar-refractivity contribution in [2.24, 2.45) is 5.41 Å². The molecule has 1 aromatic carbocycles. The highest BCUT2D eigenvalue weighted by atomic mass is 127. The quantitative estimate of drug-likeness (QED) is 0.287. The van der Waals surface area contributed by atoms with Gasteiger partial charge in [-0.15, -0.1) is 0 Å². The number of hydrogen-bond donors (Lipinski definition) is 1. The fourth-order valence-electron chi connectivity index (χ4n) is 2.05. The first kappa shape index (κ1) is 17.2. The van der Waals surface area contributed by atoms with E-state index in [4.69, 9.17) is 0 Å². The molecular formula is C15H23IN2O2. The van der Waals surface area contributed by atoms with Crippen LogP contribution in [0.4, 0.5) is 11.4 Å². The molecule has 0 unspecified atom stereocenters. The van der Waals surface area contributed by atoms with Gasteiger partial charge in [0.2, 0.25) is 0 Å². The second kappa shape index (κ2) is 7.81. The zero-order chi connectivity index (χ0) is 15.2. The van der Waals surface area contributed by atoms with E-state index in [1.165, 1.54) is 25.7 Å². The molecule has 0 amide bonds. The van der Waals surface area contributed by atoms with E-state index in [1.54, 1.807) is 12.1 Å². The van der Waals surface area contributed by atoms with Crippen molar-refractivity contribution in [3.8, 4) is 0 Å². The monoisotopic (exact) mass is 390 g/mol. The van der Waals surface area contributed by atoms with Gasteiger partial charge in [0.05, 0.1) is 8.49 Å². The van der Waals surface area contributed by atoms with Crippen LogP contribution >= 0.6 is 22.6 Å². The zero-order valence-electron chi connectivity index (χ0n) is 12.4. The molecule has 0 radical (unpaired) electrons. The predicted octanol–water partition coefficient (Wildman–Crippen LogP) is 5.22. The summed E-state index contributed by atoms with van der Waals surface area (Å²) in [5.74, 6) is 0. The van der Waals surface area contributed by atoms with Crippen LogP contribution in [-0.2, 0) is 0 Å². The van der Waals surface area contributed by atoms with Crippen molar-refractivity contribution < 1.29 is 4.92 Å². The Morgan fingerprint density at radius 1 is 1.35 bits per heavy atom. The van der Waals surface area contributed by atoms with Gasteiger partial charge in [-0.2, -0.15) is 0 Å². The van der Waals surface area contributed by atoms with Crippen molar-refractivity contribution in [2.75, 3.05) is 11.9 Å². The summed E-state index contributed by atoms with van der Waals surface area (Å²) < 4.78 is 0.668. The molecule has 0 aliphatic carbocycles. The molecule has 1 aromatic rings. The first-order chi connectivity index (χ1) is 9.35. The van der Waals surface area contributed by atoms with Crippen LogP contribution in [0.1, 0.15) is 46.5 Å². The van der Waals surface area contributed by atoms with Gasteiger partial charge in [0.1, 0.15) is 0 Å². The largest absolute Gasteiger partial charge is 0.384 e. The van der Waals surface area contributed by atoms with Crippen LogP contribution in [0.2, 0.25) is 0 Å². The Balaban J connectivity index is 2.57. The van der Waals surface area contributed by atoms with Crippen LogP contribution in [0.25, 0.3) is 0 Å². The smallest absolute Gasteiger partial charge is 0.282 e. The van der Waals surface area contributed by atoms with Gasteiger partial charge in [0.25, 0.3) is 5.69 Å². The topological polar surface area (TPSA) is 55.2 Å². The Morgan fingerprint density at radius 3 is 2.60 bits per heavy atom. The molecule has 5 heteroatoms. The maximum atomic E-state index is 10.8. The molecule has 0 bridgehead atoms. The van der Waals surface area contributed by atoms with Crippen LogP contribution in [0, 0.1) is 19.1 Å². The minimum atomic E-state index is -0.347. The van der Waals surface area contributed by atoms with Gasteiger partial charge in [-0.1, -0.05) is 40.0 Å². The number of anilines is 1. The molecule has 0 atom stereocenters. The highest BCUT2D eigenvalue weighted by Crippen LogP contribution is 2.27. The van der Waals surface area contributed by atoms with E-state index in [9.17, 15) is 10.1 Å². The predicted molar refractivity (Wildman–Crippen MR) is 92.2 cm³/mol. The fraction of sp³-hybridized carbons (Fsp3) is 0.600. The zero-order valence-corrected chi connectivity index (χ0v) is 14.6. The lowest BCUT2D eigenvalue weighted by atomic mass is 9.87.